The number of nitrogens with two attached hydrogens (primary N) is 2. The molecule has 1 aromatic heterocycles. The summed E-state index contributed by atoms with van der Waals surface area (Å²) in [7, 11) is 0. The zero-order valence-electron chi connectivity index (χ0n) is 21.0. The summed E-state index contributed by atoms with van der Waals surface area (Å²) in [5, 5.41) is 5.62. The minimum absolute atomic E-state index is 0.0135. The first-order chi connectivity index (χ1) is 16.1. The Morgan fingerprint density at radius 1 is 1.15 bits per heavy atom. The number of nitrogens with one attached hydrogen (secondary N) is 1. The third-order valence-electron chi connectivity index (χ3n) is 6.02. The van der Waals surface area contributed by atoms with E-state index in [2.05, 4.69) is 31.1 Å². The van der Waals surface area contributed by atoms with Crippen LogP contribution in [0.5, 0.6) is 0 Å². The molecule has 34 heavy (non-hydrogen) atoms. The third kappa shape index (κ3) is 8.81. The molecule has 0 aliphatic carbocycles. The van der Waals surface area contributed by atoms with E-state index in [9.17, 15) is 9.59 Å². The van der Waals surface area contributed by atoms with Gasteiger partial charge < -0.3 is 21.5 Å². The fourth-order valence-corrected chi connectivity index (χ4v) is 4.40. The summed E-state index contributed by atoms with van der Waals surface area (Å²) in [5.74, 6) is 0.0215. The van der Waals surface area contributed by atoms with Gasteiger partial charge in [0.05, 0.1) is 0 Å². The molecule has 5 N–H and O–H groups in total. The number of Topliss-reactive ketones (excluding diaryl/α,β-unsaturated/α-hetero) is 1. The van der Waals surface area contributed by atoms with Crippen molar-refractivity contribution in [2.24, 2.45) is 17.6 Å². The third-order valence-corrected chi connectivity index (χ3v) is 6.96. The van der Waals surface area contributed by atoms with Crippen molar-refractivity contribution in [3.63, 3.8) is 0 Å². The lowest BCUT2D eigenvalue weighted by molar-refractivity contribution is -0.120. The maximum absolute atomic E-state index is 13.1. The number of hydrogen-bond acceptors (Lipinski definition) is 7. The Bertz CT molecular complexity index is 913. The molecular formula is C26H40N4O3S. The first kappa shape index (κ1) is 28.0. The number of nitrogens with zero attached hydrogens (tertiary/aromatic N) is 1. The van der Waals surface area contributed by atoms with Crippen molar-refractivity contribution in [3.8, 4) is 0 Å². The molecule has 4 unspecified atom stereocenters. The van der Waals surface area contributed by atoms with Crippen LogP contribution >= 0.6 is 11.3 Å². The van der Waals surface area contributed by atoms with Crippen LogP contribution in [0.15, 0.2) is 29.6 Å². The number of thiazole rings is 1. The Kier molecular flexibility index (Phi) is 11.1. The first-order valence-corrected chi connectivity index (χ1v) is 13.0. The molecule has 7 nitrogen and oxygen atoms in total. The molecule has 1 aromatic carbocycles. The van der Waals surface area contributed by atoms with Crippen molar-refractivity contribution in [1.29, 1.82) is 0 Å². The van der Waals surface area contributed by atoms with Gasteiger partial charge >= 0.3 is 0 Å². The van der Waals surface area contributed by atoms with Gasteiger partial charge in [0.25, 0.3) is 5.91 Å². The molecule has 4 atom stereocenters. The molecule has 1 amide bonds. The van der Waals surface area contributed by atoms with E-state index in [1.165, 1.54) is 11.3 Å². The number of aromatic nitrogens is 1. The van der Waals surface area contributed by atoms with Gasteiger partial charge in [-0.25, -0.2) is 4.98 Å². The fourth-order valence-electron chi connectivity index (χ4n) is 3.54. The number of hydrogen-bond donors (Lipinski definition) is 3. The number of carbonyl (C=O) groups is 2. The molecular weight excluding hydrogens is 448 g/mol. The van der Waals surface area contributed by atoms with Gasteiger partial charge in [0.15, 0.2) is 0 Å². The molecule has 0 saturated heterocycles. The highest BCUT2D eigenvalue weighted by Crippen LogP contribution is 2.28. The van der Waals surface area contributed by atoms with Crippen LogP contribution in [0.25, 0.3) is 0 Å². The average molecular weight is 489 g/mol. The van der Waals surface area contributed by atoms with Crippen molar-refractivity contribution in [2.45, 2.75) is 78.5 Å². The van der Waals surface area contributed by atoms with Gasteiger partial charge in [0, 0.05) is 35.7 Å². The van der Waals surface area contributed by atoms with Crippen LogP contribution in [-0.2, 0) is 16.0 Å². The van der Waals surface area contributed by atoms with E-state index >= 15 is 0 Å². The van der Waals surface area contributed by atoms with E-state index in [1.54, 1.807) is 12.3 Å². The van der Waals surface area contributed by atoms with Crippen LogP contribution in [0.1, 0.15) is 81.0 Å². The van der Waals surface area contributed by atoms with Gasteiger partial charge in [-0.3, -0.25) is 9.59 Å². The highest BCUT2D eigenvalue weighted by molar-refractivity contribution is 7.09. The summed E-state index contributed by atoms with van der Waals surface area (Å²) in [4.78, 5) is 29.6. The molecule has 0 saturated carbocycles. The largest absolute Gasteiger partial charge is 0.399 e. The Morgan fingerprint density at radius 2 is 1.82 bits per heavy atom. The zero-order chi connectivity index (χ0) is 25.3. The molecule has 8 heteroatoms. The van der Waals surface area contributed by atoms with Gasteiger partial charge in [-0.05, 0) is 56.2 Å². The predicted molar refractivity (Wildman–Crippen MR) is 139 cm³/mol. The second-order valence-corrected chi connectivity index (χ2v) is 10.3. The zero-order valence-corrected chi connectivity index (χ0v) is 21.9. The van der Waals surface area contributed by atoms with E-state index < -0.39 is 0 Å². The molecule has 0 spiro atoms. The van der Waals surface area contributed by atoms with E-state index in [0.717, 1.165) is 17.0 Å². The summed E-state index contributed by atoms with van der Waals surface area (Å²) in [6.07, 6.45) is 2.47. The summed E-state index contributed by atoms with van der Waals surface area (Å²) in [5.41, 5.74) is 14.2. The number of benzene rings is 1. The molecule has 2 aromatic rings. The van der Waals surface area contributed by atoms with Crippen LogP contribution in [-0.4, -0.2) is 35.4 Å². The smallest absolute Gasteiger partial charge is 0.270 e. The maximum Gasteiger partial charge on any atom is 0.270 e. The lowest BCUT2D eigenvalue weighted by Gasteiger charge is -2.22. The van der Waals surface area contributed by atoms with E-state index in [0.29, 0.717) is 43.2 Å². The van der Waals surface area contributed by atoms with Gasteiger partial charge in [-0.1, -0.05) is 39.8 Å². The molecule has 0 aliphatic rings. The van der Waals surface area contributed by atoms with Crippen molar-refractivity contribution in [1.82, 2.24) is 10.3 Å². The Hall–Kier alpha value is -2.29. The van der Waals surface area contributed by atoms with Crippen LogP contribution in [0.3, 0.4) is 0 Å². The quantitative estimate of drug-likeness (QED) is 0.336. The molecule has 2 rings (SSSR count). The molecule has 1 heterocycles. The summed E-state index contributed by atoms with van der Waals surface area (Å²) < 4.78 is 6.03. The standard InChI is InChI=1S/C26H40N4O3S/c1-6-11-33-24(14-22(28)16(2)3)26-30-23(15-34-26)25(32)29-21(12-17(4)18(5)31)13-19-7-9-20(27)10-8-19/h7-10,15-17,21-22,24H,6,11-14,27-28H2,1-5H3,(H,29,32). The van der Waals surface area contributed by atoms with E-state index in [-0.39, 0.29) is 35.8 Å². The lowest BCUT2D eigenvalue weighted by atomic mass is 9.93. The summed E-state index contributed by atoms with van der Waals surface area (Å²) in [6, 6.07) is 7.35. The highest BCUT2D eigenvalue weighted by Gasteiger charge is 2.24. The van der Waals surface area contributed by atoms with E-state index in [4.69, 9.17) is 16.2 Å². The lowest BCUT2D eigenvalue weighted by Crippen LogP contribution is -2.38. The minimum Gasteiger partial charge on any atom is -0.399 e. The Labute approximate surface area is 207 Å². The number of nitrogen functional groups attached to an aromatic ring is 1. The van der Waals surface area contributed by atoms with Crippen LogP contribution < -0.4 is 16.8 Å². The molecule has 188 valence electrons. The number of carbonyl (C=O) groups excluding carboxylic acids is 2. The Balaban J connectivity index is 2.15. The van der Waals surface area contributed by atoms with Crippen molar-refractivity contribution in [2.75, 3.05) is 12.3 Å². The van der Waals surface area contributed by atoms with Crippen molar-refractivity contribution < 1.29 is 14.3 Å². The highest BCUT2D eigenvalue weighted by atomic mass is 32.1. The predicted octanol–water partition coefficient (Wildman–Crippen LogP) is 4.52. The number of anilines is 1. The van der Waals surface area contributed by atoms with Gasteiger partial charge in [-0.2, -0.15) is 0 Å². The number of amides is 1. The fraction of sp³-hybridized carbons (Fsp3) is 0.577. The van der Waals surface area contributed by atoms with Crippen LogP contribution in [0.2, 0.25) is 0 Å². The second-order valence-electron chi connectivity index (χ2n) is 9.44. The molecule has 0 fully saturated rings. The molecule has 0 radical (unpaired) electrons. The summed E-state index contributed by atoms with van der Waals surface area (Å²) >= 11 is 1.42. The second kappa shape index (κ2) is 13.6. The number of ketones is 1. The van der Waals surface area contributed by atoms with Crippen LogP contribution in [0.4, 0.5) is 5.69 Å². The minimum atomic E-state index is -0.249. The topological polar surface area (TPSA) is 120 Å². The van der Waals surface area contributed by atoms with E-state index in [1.807, 2.05) is 31.2 Å². The monoisotopic (exact) mass is 488 g/mol. The van der Waals surface area contributed by atoms with Gasteiger partial charge in [-0.15, -0.1) is 11.3 Å². The van der Waals surface area contributed by atoms with Crippen molar-refractivity contribution in [3.05, 3.63) is 45.9 Å². The maximum atomic E-state index is 13.1. The van der Waals surface area contributed by atoms with Crippen LogP contribution in [0, 0.1) is 11.8 Å². The number of rotatable bonds is 14. The van der Waals surface area contributed by atoms with Gasteiger partial charge in [0.1, 0.15) is 22.6 Å². The summed E-state index contributed by atoms with van der Waals surface area (Å²) in [6.45, 7) is 10.3. The van der Waals surface area contributed by atoms with Crippen molar-refractivity contribution >= 4 is 28.7 Å². The number of ether oxygens (including phenoxy) is 1. The molecule has 0 bridgehead atoms. The first-order valence-electron chi connectivity index (χ1n) is 12.1. The SMILES string of the molecule is CCCOC(CC(N)C(C)C)c1nc(C(=O)NC(Cc2ccc(N)cc2)CC(C)C(C)=O)cs1. The average Bonchev–Trinajstić information content (AvgIpc) is 3.28. The Morgan fingerprint density at radius 3 is 2.41 bits per heavy atom. The normalized spacial score (nSPS) is 15.0. The van der Waals surface area contributed by atoms with Gasteiger partial charge in [0.2, 0.25) is 0 Å². The molecule has 0 aliphatic heterocycles.